The van der Waals surface area contributed by atoms with Gasteiger partial charge in [-0.1, -0.05) is 6.58 Å². The maximum atomic E-state index is 11.4. The minimum absolute atomic E-state index is 0.304. The predicted molar refractivity (Wildman–Crippen MR) is 65.2 cm³/mol. The van der Waals surface area contributed by atoms with E-state index >= 15 is 0 Å². The van der Waals surface area contributed by atoms with Crippen LogP contribution in [0.1, 0.15) is 32.3 Å². The van der Waals surface area contributed by atoms with E-state index < -0.39 is 11.7 Å². The van der Waals surface area contributed by atoms with Crippen molar-refractivity contribution in [2.45, 2.75) is 32.9 Å². The standard InChI is InChI=1S/C12H17N3O2/c1-5-10-13-7-6-9(15-10)8-14-11(16)17-12(2,3)4/h5-7H,1,8H2,2-4H3,(H,14,16). The molecule has 0 unspecified atom stereocenters. The fourth-order valence-corrected chi connectivity index (χ4v) is 1.09. The van der Waals surface area contributed by atoms with E-state index in [4.69, 9.17) is 4.74 Å². The lowest BCUT2D eigenvalue weighted by Crippen LogP contribution is -2.32. The average Bonchev–Trinajstić information content (AvgIpc) is 2.24. The van der Waals surface area contributed by atoms with Gasteiger partial charge in [0.2, 0.25) is 0 Å². The Morgan fingerprint density at radius 3 is 2.88 bits per heavy atom. The summed E-state index contributed by atoms with van der Waals surface area (Å²) in [5, 5.41) is 2.62. The van der Waals surface area contributed by atoms with Gasteiger partial charge in [0.25, 0.3) is 0 Å². The van der Waals surface area contributed by atoms with Crippen molar-refractivity contribution in [2.24, 2.45) is 0 Å². The number of nitrogens with zero attached hydrogens (tertiary/aromatic N) is 2. The van der Waals surface area contributed by atoms with E-state index in [1.165, 1.54) is 0 Å². The molecule has 0 bridgehead atoms. The Hall–Kier alpha value is -1.91. The third-order valence-electron chi connectivity index (χ3n) is 1.73. The SMILES string of the molecule is C=Cc1nccc(CNC(=O)OC(C)(C)C)n1. The van der Waals surface area contributed by atoms with Gasteiger partial charge in [0.1, 0.15) is 5.60 Å². The van der Waals surface area contributed by atoms with Crippen LogP contribution in [0.5, 0.6) is 0 Å². The van der Waals surface area contributed by atoms with Crippen molar-refractivity contribution >= 4 is 12.2 Å². The van der Waals surface area contributed by atoms with Crippen molar-refractivity contribution in [3.05, 3.63) is 30.4 Å². The van der Waals surface area contributed by atoms with Crippen LogP contribution >= 0.6 is 0 Å². The van der Waals surface area contributed by atoms with Crippen molar-refractivity contribution < 1.29 is 9.53 Å². The van der Waals surface area contributed by atoms with E-state index in [1.807, 2.05) is 20.8 Å². The van der Waals surface area contributed by atoms with Crippen LogP contribution in [0.2, 0.25) is 0 Å². The zero-order valence-electron chi connectivity index (χ0n) is 10.4. The van der Waals surface area contributed by atoms with E-state index in [1.54, 1.807) is 18.3 Å². The Morgan fingerprint density at radius 2 is 2.29 bits per heavy atom. The van der Waals surface area contributed by atoms with Crippen molar-refractivity contribution in [3.8, 4) is 0 Å². The molecule has 0 fully saturated rings. The highest BCUT2D eigenvalue weighted by Crippen LogP contribution is 2.06. The number of amides is 1. The van der Waals surface area contributed by atoms with Crippen molar-refractivity contribution in [1.82, 2.24) is 15.3 Å². The Balaban J connectivity index is 2.50. The minimum atomic E-state index is -0.498. The van der Waals surface area contributed by atoms with E-state index in [-0.39, 0.29) is 0 Å². The molecule has 0 spiro atoms. The lowest BCUT2D eigenvalue weighted by molar-refractivity contribution is 0.0523. The first-order chi connectivity index (χ1) is 7.90. The molecule has 92 valence electrons. The molecule has 0 aliphatic heterocycles. The molecule has 0 aliphatic carbocycles. The summed E-state index contributed by atoms with van der Waals surface area (Å²) >= 11 is 0. The average molecular weight is 235 g/mol. The molecule has 0 saturated carbocycles. The van der Waals surface area contributed by atoms with Gasteiger partial charge < -0.3 is 10.1 Å². The highest BCUT2D eigenvalue weighted by molar-refractivity contribution is 5.67. The Bertz CT molecular complexity index is 410. The molecule has 0 aromatic carbocycles. The van der Waals surface area contributed by atoms with Gasteiger partial charge in [-0.2, -0.15) is 0 Å². The van der Waals surface area contributed by atoms with E-state index in [0.29, 0.717) is 18.1 Å². The summed E-state index contributed by atoms with van der Waals surface area (Å²) in [6, 6.07) is 1.73. The second-order valence-corrected chi connectivity index (χ2v) is 4.47. The number of carbonyl (C=O) groups is 1. The highest BCUT2D eigenvalue weighted by Gasteiger charge is 2.15. The van der Waals surface area contributed by atoms with Crippen molar-refractivity contribution in [2.75, 3.05) is 0 Å². The molecule has 0 saturated heterocycles. The van der Waals surface area contributed by atoms with Gasteiger partial charge in [-0.05, 0) is 32.9 Å². The molecular weight excluding hydrogens is 218 g/mol. The quantitative estimate of drug-likeness (QED) is 0.871. The topological polar surface area (TPSA) is 64.1 Å². The van der Waals surface area contributed by atoms with Crippen LogP contribution in [0.4, 0.5) is 4.79 Å². The third kappa shape index (κ3) is 5.10. The number of hydrogen-bond acceptors (Lipinski definition) is 4. The molecular formula is C12H17N3O2. The van der Waals surface area contributed by atoms with E-state index in [0.717, 1.165) is 0 Å². The summed E-state index contributed by atoms with van der Waals surface area (Å²) in [5.41, 5.74) is 0.211. The zero-order chi connectivity index (χ0) is 12.9. The smallest absolute Gasteiger partial charge is 0.407 e. The van der Waals surface area contributed by atoms with Crippen LogP contribution in [0.15, 0.2) is 18.8 Å². The molecule has 0 atom stereocenters. The second-order valence-electron chi connectivity index (χ2n) is 4.47. The lowest BCUT2D eigenvalue weighted by atomic mass is 10.2. The van der Waals surface area contributed by atoms with Gasteiger partial charge in [0.15, 0.2) is 5.82 Å². The normalized spacial score (nSPS) is 10.8. The number of carbonyl (C=O) groups excluding carboxylic acids is 1. The largest absolute Gasteiger partial charge is 0.444 e. The van der Waals surface area contributed by atoms with Gasteiger partial charge in [-0.3, -0.25) is 0 Å². The summed E-state index contributed by atoms with van der Waals surface area (Å²) in [5.74, 6) is 0.536. The van der Waals surface area contributed by atoms with Gasteiger partial charge in [-0.15, -0.1) is 0 Å². The van der Waals surface area contributed by atoms with Crippen LogP contribution in [0.3, 0.4) is 0 Å². The molecule has 1 heterocycles. The number of aromatic nitrogens is 2. The van der Waals surface area contributed by atoms with Crippen LogP contribution in [-0.4, -0.2) is 21.7 Å². The number of alkyl carbamates (subject to hydrolysis) is 1. The third-order valence-corrected chi connectivity index (χ3v) is 1.73. The Morgan fingerprint density at radius 1 is 1.59 bits per heavy atom. The molecule has 1 N–H and O–H groups in total. The summed E-state index contributed by atoms with van der Waals surface area (Å²) in [4.78, 5) is 19.5. The molecule has 0 radical (unpaired) electrons. The maximum absolute atomic E-state index is 11.4. The monoisotopic (exact) mass is 235 g/mol. The molecule has 1 rings (SSSR count). The first-order valence-corrected chi connectivity index (χ1v) is 5.32. The molecule has 17 heavy (non-hydrogen) atoms. The molecule has 1 aromatic heterocycles. The predicted octanol–water partition coefficient (Wildman–Crippen LogP) is 2.14. The lowest BCUT2D eigenvalue weighted by Gasteiger charge is -2.19. The Kier molecular flexibility index (Phi) is 4.20. The fourth-order valence-electron chi connectivity index (χ4n) is 1.09. The number of nitrogens with one attached hydrogen (secondary N) is 1. The molecule has 5 heteroatoms. The van der Waals surface area contributed by atoms with Crippen LogP contribution < -0.4 is 5.32 Å². The molecule has 0 aliphatic rings. The summed E-state index contributed by atoms with van der Waals surface area (Å²) < 4.78 is 5.10. The fraction of sp³-hybridized carbons (Fsp3) is 0.417. The first kappa shape index (κ1) is 13.2. The zero-order valence-corrected chi connectivity index (χ0v) is 10.4. The van der Waals surface area contributed by atoms with Crippen LogP contribution in [0, 0.1) is 0 Å². The number of rotatable bonds is 3. The summed E-state index contributed by atoms with van der Waals surface area (Å²) in [7, 11) is 0. The second kappa shape index (κ2) is 5.43. The maximum Gasteiger partial charge on any atom is 0.407 e. The highest BCUT2D eigenvalue weighted by atomic mass is 16.6. The minimum Gasteiger partial charge on any atom is -0.444 e. The molecule has 5 nitrogen and oxygen atoms in total. The van der Waals surface area contributed by atoms with E-state index in [9.17, 15) is 4.79 Å². The molecule has 1 amide bonds. The Labute approximate surface area is 101 Å². The molecule has 1 aromatic rings. The van der Waals surface area contributed by atoms with E-state index in [2.05, 4.69) is 21.9 Å². The van der Waals surface area contributed by atoms with Gasteiger partial charge in [-0.25, -0.2) is 14.8 Å². The number of hydrogen-bond donors (Lipinski definition) is 1. The van der Waals surface area contributed by atoms with Gasteiger partial charge >= 0.3 is 6.09 Å². The number of ether oxygens (including phenoxy) is 1. The first-order valence-electron chi connectivity index (χ1n) is 5.32. The van der Waals surface area contributed by atoms with Crippen LogP contribution in [0.25, 0.3) is 6.08 Å². The van der Waals surface area contributed by atoms with Gasteiger partial charge in [0, 0.05) is 6.20 Å². The van der Waals surface area contributed by atoms with Crippen LogP contribution in [-0.2, 0) is 11.3 Å². The van der Waals surface area contributed by atoms with Crippen molar-refractivity contribution in [1.29, 1.82) is 0 Å². The summed E-state index contributed by atoms with van der Waals surface area (Å²) in [6.07, 6.45) is 2.71. The van der Waals surface area contributed by atoms with Crippen molar-refractivity contribution in [3.63, 3.8) is 0 Å². The summed E-state index contributed by atoms with van der Waals surface area (Å²) in [6.45, 7) is 9.32. The van der Waals surface area contributed by atoms with Gasteiger partial charge in [0.05, 0.1) is 12.2 Å².